The Morgan fingerprint density at radius 3 is 2.45 bits per heavy atom. The molecule has 5 nitrogen and oxygen atoms in total. The zero-order chi connectivity index (χ0) is 21.2. The first kappa shape index (κ1) is 20.6. The lowest BCUT2D eigenvalue weighted by atomic mass is 9.94. The molecule has 1 fully saturated rings. The minimum atomic E-state index is -4.56. The number of amides is 2. The molecular formula is C20H18F4N2O3. The first-order valence-corrected chi connectivity index (χ1v) is 8.87. The monoisotopic (exact) mass is 410 g/mol. The summed E-state index contributed by atoms with van der Waals surface area (Å²) in [6, 6.07) is 8.73. The zero-order valence-corrected chi connectivity index (χ0v) is 15.4. The van der Waals surface area contributed by atoms with E-state index in [0.29, 0.717) is 12.1 Å². The fourth-order valence-electron chi connectivity index (χ4n) is 3.25. The van der Waals surface area contributed by atoms with E-state index in [1.165, 1.54) is 36.4 Å². The van der Waals surface area contributed by atoms with Crippen molar-refractivity contribution < 1.29 is 31.9 Å². The molecule has 1 aliphatic rings. The molecular weight excluding hydrogens is 392 g/mol. The average molecular weight is 410 g/mol. The molecule has 2 unspecified atom stereocenters. The Morgan fingerprint density at radius 1 is 1.14 bits per heavy atom. The van der Waals surface area contributed by atoms with E-state index in [2.05, 4.69) is 5.32 Å². The third kappa shape index (κ3) is 4.49. The number of hydrogen-bond acceptors (Lipinski definition) is 3. The third-order valence-corrected chi connectivity index (χ3v) is 4.53. The van der Waals surface area contributed by atoms with Crippen LogP contribution in [0.3, 0.4) is 0 Å². The number of halogens is 4. The van der Waals surface area contributed by atoms with Gasteiger partial charge >= 0.3 is 12.3 Å². The average Bonchev–Trinajstić information content (AvgIpc) is 2.98. The molecule has 0 aliphatic carbocycles. The molecule has 29 heavy (non-hydrogen) atoms. The molecule has 0 radical (unpaired) electrons. The number of nitrogens with one attached hydrogen (secondary N) is 1. The van der Waals surface area contributed by atoms with Crippen LogP contribution in [0, 0.1) is 5.82 Å². The zero-order valence-electron chi connectivity index (χ0n) is 15.4. The van der Waals surface area contributed by atoms with Crippen LogP contribution in [0.4, 0.5) is 22.4 Å². The van der Waals surface area contributed by atoms with Crippen LogP contribution in [-0.4, -0.2) is 30.0 Å². The first-order valence-electron chi connectivity index (χ1n) is 8.87. The van der Waals surface area contributed by atoms with E-state index in [1.807, 2.05) is 0 Å². The lowest BCUT2D eigenvalue weighted by Gasteiger charge is -2.25. The number of ether oxygens (including phenoxy) is 1. The van der Waals surface area contributed by atoms with E-state index in [0.717, 1.165) is 17.0 Å². The molecule has 3 rings (SSSR count). The molecule has 2 amide bonds. The van der Waals surface area contributed by atoms with Crippen LogP contribution in [-0.2, 0) is 15.7 Å². The second kappa shape index (κ2) is 8.10. The smallest absolute Gasteiger partial charge is 0.416 e. The summed E-state index contributed by atoms with van der Waals surface area (Å²) < 4.78 is 58.1. The highest BCUT2D eigenvalue weighted by Gasteiger charge is 2.45. The molecule has 0 saturated carbocycles. The maximum absolute atomic E-state index is 13.4. The second-order valence-electron chi connectivity index (χ2n) is 6.51. The molecule has 1 saturated heterocycles. The summed E-state index contributed by atoms with van der Waals surface area (Å²) in [5.41, 5.74) is -0.323. The molecule has 0 spiro atoms. The summed E-state index contributed by atoms with van der Waals surface area (Å²) in [4.78, 5) is 25.6. The van der Waals surface area contributed by atoms with E-state index in [-0.39, 0.29) is 12.1 Å². The molecule has 1 N–H and O–H groups in total. The SMILES string of the molecule is CCNC(=O)CN1C(=O)OC(c2cccc(C(F)(F)F)c2)C1c1ccc(F)cc1. The number of cyclic esters (lactones) is 1. The van der Waals surface area contributed by atoms with Crippen molar-refractivity contribution >= 4 is 12.0 Å². The van der Waals surface area contributed by atoms with Gasteiger partial charge in [-0.25, -0.2) is 9.18 Å². The van der Waals surface area contributed by atoms with Gasteiger partial charge in [-0.1, -0.05) is 24.3 Å². The van der Waals surface area contributed by atoms with Crippen molar-refractivity contribution in [2.24, 2.45) is 0 Å². The molecule has 0 bridgehead atoms. The quantitative estimate of drug-likeness (QED) is 0.752. The fourth-order valence-corrected chi connectivity index (χ4v) is 3.25. The summed E-state index contributed by atoms with van der Waals surface area (Å²) >= 11 is 0. The number of hydrogen-bond donors (Lipinski definition) is 1. The lowest BCUT2D eigenvalue weighted by molar-refractivity contribution is -0.137. The van der Waals surface area contributed by atoms with Gasteiger partial charge in [0, 0.05) is 6.54 Å². The van der Waals surface area contributed by atoms with Gasteiger partial charge in [0.1, 0.15) is 18.4 Å². The predicted octanol–water partition coefficient (Wildman–Crippen LogP) is 4.22. The summed E-state index contributed by atoms with van der Waals surface area (Å²) in [7, 11) is 0. The highest BCUT2D eigenvalue weighted by molar-refractivity contribution is 5.83. The van der Waals surface area contributed by atoms with Gasteiger partial charge in [-0.3, -0.25) is 9.69 Å². The Kier molecular flexibility index (Phi) is 5.76. The summed E-state index contributed by atoms with van der Waals surface area (Å²) in [5.74, 6) is -0.953. The van der Waals surface area contributed by atoms with Crippen LogP contribution in [0.25, 0.3) is 0 Å². The number of nitrogens with zero attached hydrogens (tertiary/aromatic N) is 1. The van der Waals surface area contributed by atoms with E-state index in [4.69, 9.17) is 4.74 Å². The maximum Gasteiger partial charge on any atom is 0.416 e. The van der Waals surface area contributed by atoms with Gasteiger partial charge in [-0.15, -0.1) is 0 Å². The highest BCUT2D eigenvalue weighted by Crippen LogP contribution is 2.44. The summed E-state index contributed by atoms with van der Waals surface area (Å²) in [6.07, 6.45) is -6.50. The van der Waals surface area contributed by atoms with Crippen LogP contribution >= 0.6 is 0 Å². The molecule has 2 aromatic carbocycles. The van der Waals surface area contributed by atoms with Crippen molar-refractivity contribution in [1.82, 2.24) is 10.2 Å². The van der Waals surface area contributed by atoms with E-state index < -0.39 is 41.7 Å². The third-order valence-electron chi connectivity index (χ3n) is 4.53. The molecule has 2 atom stereocenters. The van der Waals surface area contributed by atoms with Gasteiger partial charge in [0.2, 0.25) is 5.91 Å². The van der Waals surface area contributed by atoms with E-state index >= 15 is 0 Å². The van der Waals surface area contributed by atoms with Crippen molar-refractivity contribution in [1.29, 1.82) is 0 Å². The summed E-state index contributed by atoms with van der Waals surface area (Å²) in [6.45, 7) is 1.72. The second-order valence-corrected chi connectivity index (χ2v) is 6.51. The van der Waals surface area contributed by atoms with Crippen molar-refractivity contribution in [2.45, 2.75) is 25.2 Å². The normalized spacial score (nSPS) is 19.2. The predicted molar refractivity (Wildman–Crippen MR) is 95.2 cm³/mol. The van der Waals surface area contributed by atoms with Crippen LogP contribution in [0.1, 0.15) is 35.8 Å². The van der Waals surface area contributed by atoms with E-state index in [9.17, 15) is 27.2 Å². The summed E-state index contributed by atoms with van der Waals surface area (Å²) in [5, 5.41) is 2.56. The highest BCUT2D eigenvalue weighted by atomic mass is 19.4. The van der Waals surface area contributed by atoms with Gasteiger partial charge in [0.25, 0.3) is 0 Å². The Bertz CT molecular complexity index is 899. The minimum absolute atomic E-state index is 0.126. The van der Waals surface area contributed by atoms with Gasteiger partial charge in [0.05, 0.1) is 5.56 Å². The standard InChI is InChI=1S/C20H18F4N2O3/c1-2-25-16(27)11-26-17(12-6-8-15(21)9-7-12)18(29-19(26)28)13-4-3-5-14(10-13)20(22,23)24/h3-10,17-18H,2,11H2,1H3,(H,25,27). The van der Waals surface area contributed by atoms with Crippen molar-refractivity contribution in [3.8, 4) is 0 Å². The van der Waals surface area contributed by atoms with Crippen LogP contribution in [0.15, 0.2) is 48.5 Å². The Hall–Kier alpha value is -3.10. The van der Waals surface area contributed by atoms with Crippen molar-refractivity contribution in [3.63, 3.8) is 0 Å². The topological polar surface area (TPSA) is 58.6 Å². The Morgan fingerprint density at radius 2 is 1.83 bits per heavy atom. The molecule has 2 aromatic rings. The van der Waals surface area contributed by atoms with Gasteiger partial charge in [-0.2, -0.15) is 13.2 Å². The van der Waals surface area contributed by atoms with Crippen molar-refractivity contribution in [3.05, 3.63) is 71.0 Å². The van der Waals surface area contributed by atoms with Crippen molar-refractivity contribution in [2.75, 3.05) is 13.1 Å². The maximum atomic E-state index is 13.4. The lowest BCUT2D eigenvalue weighted by Crippen LogP contribution is -2.39. The van der Waals surface area contributed by atoms with Gasteiger partial charge in [0.15, 0.2) is 6.10 Å². The van der Waals surface area contributed by atoms with E-state index in [1.54, 1.807) is 6.92 Å². The van der Waals surface area contributed by atoms with Crippen LogP contribution in [0.2, 0.25) is 0 Å². The fraction of sp³-hybridized carbons (Fsp3) is 0.300. The molecule has 1 heterocycles. The van der Waals surface area contributed by atoms with Crippen LogP contribution in [0.5, 0.6) is 0 Å². The number of likely N-dealkylation sites (N-methyl/N-ethyl adjacent to an activating group) is 1. The largest absolute Gasteiger partial charge is 0.439 e. The number of rotatable bonds is 5. The minimum Gasteiger partial charge on any atom is -0.439 e. The number of carbonyl (C=O) groups is 2. The van der Waals surface area contributed by atoms with Gasteiger partial charge < -0.3 is 10.1 Å². The van der Waals surface area contributed by atoms with Crippen LogP contribution < -0.4 is 5.32 Å². The molecule has 9 heteroatoms. The van der Waals surface area contributed by atoms with Gasteiger partial charge in [-0.05, 0) is 42.3 Å². The first-order chi connectivity index (χ1) is 13.7. The molecule has 154 valence electrons. The number of alkyl halides is 3. The Balaban J connectivity index is 2.02. The molecule has 0 aromatic heterocycles. The molecule has 1 aliphatic heterocycles. The number of carbonyl (C=O) groups excluding carboxylic acids is 2. The Labute approximate surface area is 164 Å². The number of benzene rings is 2.